The summed E-state index contributed by atoms with van der Waals surface area (Å²) in [5, 5.41) is 52.9. The van der Waals surface area contributed by atoms with Gasteiger partial charge in [0.25, 0.3) is 5.91 Å². The highest BCUT2D eigenvalue weighted by atomic mass is 16.5. The molecule has 0 aromatic heterocycles. The monoisotopic (exact) mass is 394 g/mol. The molecule has 1 amide bonds. The van der Waals surface area contributed by atoms with Gasteiger partial charge in [-0.2, -0.15) is 5.10 Å². The summed E-state index contributed by atoms with van der Waals surface area (Å²) in [7, 11) is 1.55. The molecule has 0 aliphatic carbocycles. The molecule has 11 nitrogen and oxygen atoms in total. The van der Waals surface area contributed by atoms with Crippen molar-refractivity contribution >= 4 is 24.2 Å². The number of nitrogens with zero attached hydrogens (tertiary/aromatic N) is 2. The molecule has 2 rings (SSSR count). The molecule has 0 bridgehead atoms. The Morgan fingerprint density at radius 3 is 2.50 bits per heavy atom. The van der Waals surface area contributed by atoms with Crippen molar-refractivity contribution in [1.82, 2.24) is 10.7 Å². The largest absolute Gasteiger partial charge is 0.497 e. The third-order valence-corrected chi connectivity index (χ3v) is 3.79. The molecule has 152 valence electrons. The van der Waals surface area contributed by atoms with Crippen molar-refractivity contribution < 1.29 is 35.1 Å². The number of aliphatic imine (C=N–C) groups is 1. The number of methoxy groups -OCH3 is 1. The lowest BCUT2D eigenvalue weighted by molar-refractivity contribution is -0.115. The second-order valence-corrected chi connectivity index (χ2v) is 5.83. The van der Waals surface area contributed by atoms with Crippen LogP contribution in [0.25, 0.3) is 6.08 Å². The lowest BCUT2D eigenvalue weighted by Gasteiger charge is -2.23. The highest BCUT2D eigenvalue weighted by Crippen LogP contribution is 2.15. The highest BCUT2D eigenvalue weighted by Gasteiger charge is 2.29. The molecule has 1 aliphatic heterocycles. The number of aliphatic hydroxyl groups excluding tert-OH is 5. The number of amides is 1. The SMILES string of the molecule is COc1ccc(/C=C2\N=C(N/N=C\[C@H](O)[C@H](O)[C@H](O)[C@H](O)CO)NC2=O)cc1. The van der Waals surface area contributed by atoms with Gasteiger partial charge < -0.3 is 30.3 Å². The van der Waals surface area contributed by atoms with Gasteiger partial charge in [0.1, 0.15) is 35.9 Å². The lowest BCUT2D eigenvalue weighted by atomic mass is 10.0. The Kier molecular flexibility index (Phi) is 7.61. The summed E-state index contributed by atoms with van der Waals surface area (Å²) in [5.74, 6) is 0.213. The van der Waals surface area contributed by atoms with Gasteiger partial charge in [-0.05, 0) is 23.8 Å². The number of carbonyl (C=O) groups excluding carboxylic acids is 1. The maximum atomic E-state index is 11.9. The fourth-order valence-corrected chi connectivity index (χ4v) is 2.18. The molecule has 0 saturated carbocycles. The van der Waals surface area contributed by atoms with Crippen molar-refractivity contribution in [3.63, 3.8) is 0 Å². The van der Waals surface area contributed by atoms with Crippen LogP contribution in [0.5, 0.6) is 5.75 Å². The van der Waals surface area contributed by atoms with Gasteiger partial charge in [0.05, 0.1) is 19.9 Å². The summed E-state index contributed by atoms with van der Waals surface area (Å²) in [6.45, 7) is -0.785. The first-order chi connectivity index (χ1) is 13.3. The Morgan fingerprint density at radius 1 is 1.21 bits per heavy atom. The first-order valence-electron chi connectivity index (χ1n) is 8.23. The second-order valence-electron chi connectivity index (χ2n) is 5.83. The third kappa shape index (κ3) is 5.58. The molecule has 0 saturated heterocycles. The molecule has 0 spiro atoms. The van der Waals surface area contributed by atoms with E-state index in [1.807, 2.05) is 0 Å². The number of guanidine groups is 1. The van der Waals surface area contributed by atoms with E-state index >= 15 is 0 Å². The molecule has 0 radical (unpaired) electrons. The molecule has 11 heteroatoms. The number of benzene rings is 1. The van der Waals surface area contributed by atoms with Gasteiger partial charge in [-0.1, -0.05) is 12.1 Å². The van der Waals surface area contributed by atoms with Crippen LogP contribution in [0.2, 0.25) is 0 Å². The van der Waals surface area contributed by atoms with Gasteiger partial charge in [0.2, 0.25) is 5.96 Å². The lowest BCUT2D eigenvalue weighted by Crippen LogP contribution is -2.46. The summed E-state index contributed by atoms with van der Waals surface area (Å²) in [6.07, 6.45) is -4.41. The molecule has 1 heterocycles. The van der Waals surface area contributed by atoms with Crippen LogP contribution in [-0.2, 0) is 4.79 Å². The highest BCUT2D eigenvalue weighted by molar-refractivity contribution is 6.13. The van der Waals surface area contributed by atoms with Gasteiger partial charge in [0, 0.05) is 0 Å². The van der Waals surface area contributed by atoms with Gasteiger partial charge in [-0.3, -0.25) is 10.1 Å². The van der Waals surface area contributed by atoms with Crippen molar-refractivity contribution in [2.75, 3.05) is 13.7 Å². The van der Waals surface area contributed by atoms with Crippen LogP contribution in [-0.4, -0.2) is 81.7 Å². The summed E-state index contributed by atoms with van der Waals surface area (Å²) >= 11 is 0. The summed E-state index contributed by atoms with van der Waals surface area (Å²) < 4.78 is 5.06. The Labute approximate surface area is 160 Å². The van der Waals surface area contributed by atoms with Crippen LogP contribution in [0.1, 0.15) is 5.56 Å². The van der Waals surface area contributed by atoms with Gasteiger partial charge in [-0.15, -0.1) is 0 Å². The Balaban J connectivity index is 1.97. The predicted octanol–water partition coefficient (Wildman–Crippen LogP) is -2.47. The number of hydrazone groups is 1. The number of nitrogens with one attached hydrogen (secondary N) is 2. The van der Waals surface area contributed by atoms with Crippen molar-refractivity contribution in [2.24, 2.45) is 10.1 Å². The zero-order valence-corrected chi connectivity index (χ0v) is 14.9. The first kappa shape index (κ1) is 21.5. The maximum Gasteiger partial charge on any atom is 0.276 e. The fourth-order valence-electron chi connectivity index (χ4n) is 2.18. The van der Waals surface area contributed by atoms with E-state index < -0.39 is 36.9 Å². The van der Waals surface area contributed by atoms with E-state index in [2.05, 4.69) is 20.8 Å². The Morgan fingerprint density at radius 2 is 1.89 bits per heavy atom. The van der Waals surface area contributed by atoms with E-state index in [0.717, 1.165) is 11.8 Å². The van der Waals surface area contributed by atoms with Crippen LogP contribution in [0.3, 0.4) is 0 Å². The van der Waals surface area contributed by atoms with Gasteiger partial charge >= 0.3 is 0 Å². The first-order valence-corrected chi connectivity index (χ1v) is 8.23. The quantitative estimate of drug-likeness (QED) is 0.144. The number of hydrogen-bond acceptors (Lipinski definition) is 10. The van der Waals surface area contributed by atoms with E-state index in [4.69, 9.17) is 9.84 Å². The molecule has 0 unspecified atom stereocenters. The molecular weight excluding hydrogens is 372 g/mol. The molecule has 4 atom stereocenters. The van der Waals surface area contributed by atoms with E-state index in [0.29, 0.717) is 5.75 Å². The van der Waals surface area contributed by atoms with Crippen molar-refractivity contribution in [1.29, 1.82) is 0 Å². The number of carbonyl (C=O) groups is 1. The summed E-state index contributed by atoms with van der Waals surface area (Å²) in [6, 6.07) is 6.98. The molecule has 0 fully saturated rings. The molecule has 1 aromatic carbocycles. The number of hydrogen-bond donors (Lipinski definition) is 7. The Bertz CT molecular complexity index is 763. The van der Waals surface area contributed by atoms with Crippen molar-refractivity contribution in [2.45, 2.75) is 24.4 Å². The van der Waals surface area contributed by atoms with Crippen LogP contribution in [0.4, 0.5) is 0 Å². The average Bonchev–Trinajstić information content (AvgIpc) is 3.05. The fraction of sp³-hybridized carbons (Fsp3) is 0.353. The molecule has 1 aromatic rings. The Hall–Kier alpha value is -2.83. The zero-order valence-electron chi connectivity index (χ0n) is 14.9. The van der Waals surface area contributed by atoms with Crippen LogP contribution >= 0.6 is 0 Å². The third-order valence-electron chi connectivity index (χ3n) is 3.79. The minimum Gasteiger partial charge on any atom is -0.497 e. The predicted molar refractivity (Wildman–Crippen MR) is 99.3 cm³/mol. The van der Waals surface area contributed by atoms with Gasteiger partial charge in [-0.25, -0.2) is 10.4 Å². The number of aliphatic hydroxyl groups is 5. The maximum absolute atomic E-state index is 11.9. The van der Waals surface area contributed by atoms with Crippen molar-refractivity contribution in [3.05, 3.63) is 35.5 Å². The molecule has 28 heavy (non-hydrogen) atoms. The second kappa shape index (κ2) is 9.92. The number of rotatable bonds is 8. The normalized spacial score (nSPS) is 19.9. The summed E-state index contributed by atoms with van der Waals surface area (Å²) in [4.78, 5) is 15.9. The minimum absolute atomic E-state index is 0.00126. The van der Waals surface area contributed by atoms with E-state index in [-0.39, 0.29) is 11.7 Å². The average molecular weight is 394 g/mol. The zero-order chi connectivity index (χ0) is 20.7. The van der Waals surface area contributed by atoms with Crippen LogP contribution in [0.15, 0.2) is 40.1 Å². The van der Waals surface area contributed by atoms with E-state index in [9.17, 15) is 25.2 Å². The van der Waals surface area contributed by atoms with Crippen LogP contribution < -0.4 is 15.5 Å². The smallest absolute Gasteiger partial charge is 0.276 e. The molecular formula is C17H22N4O7. The topological polar surface area (TPSA) is 176 Å². The molecule has 7 N–H and O–H groups in total. The standard InChI is InChI=1S/C17H22N4O7/c1-28-10-4-2-9(3-5-10)6-11-16(27)20-17(19-11)21-18-7-12(23)14(25)15(26)13(24)8-22/h2-7,12-15,22-26H,8H2,1H3,(H2,19,20,21,27)/b11-6-,18-7-/t12-,13+,14-,15+/m0/s1. The van der Waals surface area contributed by atoms with Crippen LogP contribution in [0, 0.1) is 0 Å². The minimum atomic E-state index is -1.78. The van der Waals surface area contributed by atoms with Gasteiger partial charge in [0.15, 0.2) is 0 Å². The van der Waals surface area contributed by atoms with Crippen molar-refractivity contribution in [3.8, 4) is 5.75 Å². The summed E-state index contributed by atoms with van der Waals surface area (Å²) in [5.41, 5.74) is 3.24. The van der Waals surface area contributed by atoms with E-state index in [1.54, 1.807) is 37.5 Å². The molecule has 1 aliphatic rings. The van der Waals surface area contributed by atoms with E-state index in [1.165, 1.54) is 0 Å². The number of ether oxygens (including phenoxy) is 1.